The molecule has 0 spiro atoms. The van der Waals surface area contributed by atoms with Gasteiger partial charge in [0.2, 0.25) is 5.91 Å². The molecule has 0 saturated heterocycles. The molecule has 4 nitrogen and oxygen atoms in total. The highest BCUT2D eigenvalue weighted by Gasteiger charge is 2.25. The smallest absolute Gasteiger partial charge is 0.242 e. The second-order valence-electron chi connectivity index (χ2n) is 5.37. The average Bonchev–Trinajstić information content (AvgIpc) is 2.97. The van der Waals surface area contributed by atoms with Crippen LogP contribution in [0.5, 0.6) is 0 Å². The molecule has 1 aliphatic rings. The minimum atomic E-state index is -0.0966. The zero-order chi connectivity index (χ0) is 14.8. The molecule has 0 saturated carbocycles. The Balaban J connectivity index is 0.00000176. The molecule has 0 aliphatic heterocycles. The maximum atomic E-state index is 11.7. The van der Waals surface area contributed by atoms with E-state index in [9.17, 15) is 4.79 Å². The fraction of sp³-hybridized carbons (Fsp3) is 0.375. The standard InChI is InChI=1S/C16H19N3OS.ClH/c1-19(15(20)10-17)16-18-13-8-7-12(9-14(13)21-16)11-5-3-2-4-6-11;/h2-6,12H,7-10,17H2,1H3;1H. The molecule has 118 valence electrons. The number of hydrogen-bond donors (Lipinski definition) is 1. The van der Waals surface area contributed by atoms with Crippen LogP contribution < -0.4 is 10.6 Å². The molecular formula is C16H20ClN3OS. The van der Waals surface area contributed by atoms with E-state index in [-0.39, 0.29) is 24.9 Å². The van der Waals surface area contributed by atoms with Gasteiger partial charge in [-0.3, -0.25) is 9.69 Å². The zero-order valence-corrected chi connectivity index (χ0v) is 14.1. The van der Waals surface area contributed by atoms with Gasteiger partial charge in [0, 0.05) is 11.9 Å². The van der Waals surface area contributed by atoms with Crippen molar-refractivity contribution in [3.05, 3.63) is 46.5 Å². The lowest BCUT2D eigenvalue weighted by molar-refractivity contribution is -0.117. The topological polar surface area (TPSA) is 59.2 Å². The summed E-state index contributed by atoms with van der Waals surface area (Å²) in [6, 6.07) is 10.6. The lowest BCUT2D eigenvalue weighted by atomic mass is 9.85. The fourth-order valence-electron chi connectivity index (χ4n) is 2.76. The second-order valence-corrected chi connectivity index (χ2v) is 6.44. The average molecular weight is 338 g/mol. The van der Waals surface area contributed by atoms with Crippen LogP contribution in [0.3, 0.4) is 0 Å². The summed E-state index contributed by atoms with van der Waals surface area (Å²) < 4.78 is 0. The molecule has 1 atom stereocenters. The van der Waals surface area contributed by atoms with Crippen LogP contribution in [0.25, 0.3) is 0 Å². The Kier molecular flexibility index (Phi) is 5.56. The summed E-state index contributed by atoms with van der Waals surface area (Å²) >= 11 is 1.62. The van der Waals surface area contributed by atoms with Gasteiger partial charge in [0.15, 0.2) is 5.13 Å². The van der Waals surface area contributed by atoms with E-state index in [0.717, 1.165) is 30.1 Å². The zero-order valence-electron chi connectivity index (χ0n) is 12.5. The van der Waals surface area contributed by atoms with Gasteiger partial charge in [-0.1, -0.05) is 30.3 Å². The number of hydrogen-bond acceptors (Lipinski definition) is 4. The minimum Gasteiger partial charge on any atom is -0.322 e. The number of carbonyl (C=O) groups excluding carboxylic acids is 1. The monoisotopic (exact) mass is 337 g/mol. The van der Waals surface area contributed by atoms with Crippen molar-refractivity contribution >= 4 is 34.8 Å². The van der Waals surface area contributed by atoms with Gasteiger partial charge in [-0.2, -0.15) is 0 Å². The Morgan fingerprint density at radius 1 is 1.41 bits per heavy atom. The maximum absolute atomic E-state index is 11.7. The van der Waals surface area contributed by atoms with E-state index in [4.69, 9.17) is 5.73 Å². The summed E-state index contributed by atoms with van der Waals surface area (Å²) in [5.41, 5.74) is 7.96. The molecule has 0 bridgehead atoms. The van der Waals surface area contributed by atoms with Crippen LogP contribution in [0, 0.1) is 0 Å². The third-order valence-corrected chi connectivity index (χ3v) is 5.23. The molecule has 0 fully saturated rings. The Labute approximate surface area is 140 Å². The van der Waals surface area contributed by atoms with Crippen molar-refractivity contribution in [1.82, 2.24) is 4.98 Å². The molecule has 3 rings (SSSR count). The molecule has 1 heterocycles. The van der Waals surface area contributed by atoms with Gasteiger partial charge < -0.3 is 5.73 Å². The largest absolute Gasteiger partial charge is 0.322 e. The van der Waals surface area contributed by atoms with Gasteiger partial charge in [-0.05, 0) is 30.7 Å². The van der Waals surface area contributed by atoms with Crippen LogP contribution in [0.4, 0.5) is 5.13 Å². The second kappa shape index (κ2) is 7.22. The van der Waals surface area contributed by atoms with E-state index in [1.54, 1.807) is 23.3 Å². The first-order valence-electron chi connectivity index (χ1n) is 7.19. The Hall–Kier alpha value is -1.43. The summed E-state index contributed by atoms with van der Waals surface area (Å²) in [6.07, 6.45) is 3.12. The molecule has 1 unspecified atom stereocenters. The van der Waals surface area contributed by atoms with E-state index in [1.165, 1.54) is 10.4 Å². The van der Waals surface area contributed by atoms with Crippen LogP contribution in [0.1, 0.15) is 28.5 Å². The lowest BCUT2D eigenvalue weighted by Crippen LogP contribution is -2.32. The molecule has 22 heavy (non-hydrogen) atoms. The Morgan fingerprint density at radius 3 is 2.82 bits per heavy atom. The minimum absolute atomic E-state index is 0. The third-order valence-electron chi connectivity index (χ3n) is 4.03. The van der Waals surface area contributed by atoms with Crippen molar-refractivity contribution in [3.8, 4) is 0 Å². The van der Waals surface area contributed by atoms with Crippen LogP contribution in [-0.4, -0.2) is 24.5 Å². The summed E-state index contributed by atoms with van der Waals surface area (Å²) in [4.78, 5) is 19.2. The van der Waals surface area contributed by atoms with E-state index in [2.05, 4.69) is 35.3 Å². The predicted molar refractivity (Wildman–Crippen MR) is 93.0 cm³/mol. The number of fused-ring (bicyclic) bond motifs is 1. The summed E-state index contributed by atoms with van der Waals surface area (Å²) in [5, 5.41) is 0.768. The summed E-state index contributed by atoms with van der Waals surface area (Å²) in [7, 11) is 1.74. The quantitative estimate of drug-likeness (QED) is 0.936. The SMILES string of the molecule is CN(C(=O)CN)c1nc2c(s1)CC(c1ccccc1)CC2.Cl. The van der Waals surface area contributed by atoms with E-state index in [1.807, 2.05) is 0 Å². The first-order valence-corrected chi connectivity index (χ1v) is 8.01. The molecule has 0 radical (unpaired) electrons. The number of thiazole rings is 1. The first kappa shape index (κ1) is 16.9. The molecule has 1 aromatic heterocycles. The van der Waals surface area contributed by atoms with Crippen molar-refractivity contribution in [3.63, 3.8) is 0 Å². The number of aryl methyl sites for hydroxylation is 1. The van der Waals surface area contributed by atoms with Crippen LogP contribution in [-0.2, 0) is 17.6 Å². The summed E-state index contributed by atoms with van der Waals surface area (Å²) in [6.45, 7) is 0.0212. The molecule has 2 N–H and O–H groups in total. The van der Waals surface area contributed by atoms with Crippen molar-refractivity contribution in [2.24, 2.45) is 5.73 Å². The van der Waals surface area contributed by atoms with Crippen LogP contribution >= 0.6 is 23.7 Å². The number of aromatic nitrogens is 1. The van der Waals surface area contributed by atoms with E-state index < -0.39 is 0 Å². The number of benzene rings is 1. The van der Waals surface area contributed by atoms with Crippen LogP contribution in [0.15, 0.2) is 30.3 Å². The number of likely N-dealkylation sites (N-methyl/N-ethyl adjacent to an activating group) is 1. The van der Waals surface area contributed by atoms with Gasteiger partial charge in [-0.25, -0.2) is 4.98 Å². The highest BCUT2D eigenvalue weighted by atomic mass is 35.5. The van der Waals surface area contributed by atoms with Gasteiger partial charge in [0.05, 0.1) is 12.2 Å². The fourth-order valence-corrected chi connectivity index (χ4v) is 3.92. The predicted octanol–water partition coefficient (Wildman–Crippen LogP) is 2.76. The van der Waals surface area contributed by atoms with Gasteiger partial charge in [-0.15, -0.1) is 23.7 Å². The van der Waals surface area contributed by atoms with Gasteiger partial charge in [0.25, 0.3) is 0 Å². The van der Waals surface area contributed by atoms with Crippen molar-refractivity contribution in [1.29, 1.82) is 0 Å². The number of anilines is 1. The van der Waals surface area contributed by atoms with Crippen LogP contribution in [0.2, 0.25) is 0 Å². The highest BCUT2D eigenvalue weighted by Crippen LogP contribution is 2.37. The number of nitrogens with zero attached hydrogens (tertiary/aromatic N) is 2. The Morgan fingerprint density at radius 2 is 2.14 bits per heavy atom. The van der Waals surface area contributed by atoms with Crippen molar-refractivity contribution in [2.45, 2.75) is 25.2 Å². The normalized spacial score (nSPS) is 16.5. The molecule has 1 aliphatic carbocycles. The Bertz CT molecular complexity index is 644. The molecule has 2 aromatic rings. The van der Waals surface area contributed by atoms with Gasteiger partial charge in [0.1, 0.15) is 0 Å². The maximum Gasteiger partial charge on any atom is 0.242 e. The molecule has 1 amide bonds. The molecular weight excluding hydrogens is 318 g/mol. The third kappa shape index (κ3) is 3.32. The number of rotatable bonds is 3. The molecule has 1 aromatic carbocycles. The molecule has 6 heteroatoms. The van der Waals surface area contributed by atoms with Gasteiger partial charge >= 0.3 is 0 Å². The van der Waals surface area contributed by atoms with E-state index in [0.29, 0.717) is 5.92 Å². The first-order chi connectivity index (χ1) is 10.2. The number of halogens is 1. The highest BCUT2D eigenvalue weighted by molar-refractivity contribution is 7.16. The lowest BCUT2D eigenvalue weighted by Gasteiger charge is -2.21. The summed E-state index contributed by atoms with van der Waals surface area (Å²) in [5.74, 6) is 0.461. The number of carbonyl (C=O) groups is 1. The number of nitrogens with two attached hydrogens (primary N) is 1. The van der Waals surface area contributed by atoms with Crippen molar-refractivity contribution in [2.75, 3.05) is 18.5 Å². The van der Waals surface area contributed by atoms with E-state index >= 15 is 0 Å². The van der Waals surface area contributed by atoms with Crippen molar-refractivity contribution < 1.29 is 4.79 Å². The number of amides is 1.